The van der Waals surface area contributed by atoms with E-state index in [2.05, 4.69) is 34.6 Å². The summed E-state index contributed by atoms with van der Waals surface area (Å²) in [5.74, 6) is 3.76. The predicted octanol–water partition coefficient (Wildman–Crippen LogP) is 1.66. The zero-order valence-corrected chi connectivity index (χ0v) is 10.3. The van der Waals surface area contributed by atoms with Crippen molar-refractivity contribution in [3.05, 3.63) is 64.7 Å². The Labute approximate surface area is 111 Å². The normalized spacial score (nSPS) is 20.5. The van der Waals surface area contributed by atoms with Gasteiger partial charge in [-0.25, -0.2) is 0 Å². The first-order valence-electron chi connectivity index (χ1n) is 6.01. The zero-order valence-electron chi connectivity index (χ0n) is 10.3. The van der Waals surface area contributed by atoms with Crippen molar-refractivity contribution in [1.29, 1.82) is 0 Å². The summed E-state index contributed by atoms with van der Waals surface area (Å²) in [7, 11) is 0. The first kappa shape index (κ1) is 11.5. The molecule has 3 rings (SSSR count). The van der Waals surface area contributed by atoms with Crippen molar-refractivity contribution < 1.29 is 4.74 Å². The number of fused-ring (bicyclic) bond motifs is 1. The van der Waals surface area contributed by atoms with Crippen LogP contribution >= 0.6 is 0 Å². The van der Waals surface area contributed by atoms with Gasteiger partial charge in [-0.2, -0.15) is 4.99 Å². The second-order valence-corrected chi connectivity index (χ2v) is 4.23. The van der Waals surface area contributed by atoms with Crippen LogP contribution in [-0.4, -0.2) is 12.1 Å². The fourth-order valence-corrected chi connectivity index (χ4v) is 1.98. The van der Waals surface area contributed by atoms with Gasteiger partial charge in [-0.05, 0) is 22.9 Å². The van der Waals surface area contributed by atoms with E-state index in [0.29, 0.717) is 18.1 Å². The Morgan fingerprint density at radius 1 is 1.21 bits per heavy atom. The highest BCUT2D eigenvalue weighted by Crippen LogP contribution is 2.16. The molecule has 2 heterocycles. The molecule has 0 amide bonds. The van der Waals surface area contributed by atoms with Crippen LogP contribution in [0.3, 0.4) is 0 Å². The molecule has 0 fully saturated rings. The Bertz CT molecular complexity index is 775. The van der Waals surface area contributed by atoms with Crippen LogP contribution in [0.15, 0.2) is 64.2 Å². The van der Waals surface area contributed by atoms with Crippen LogP contribution in [-0.2, 0) is 4.74 Å². The monoisotopic (exact) mass is 248 g/mol. The molecule has 0 unspecified atom stereocenters. The van der Waals surface area contributed by atoms with Crippen LogP contribution < -0.4 is 10.4 Å². The largest absolute Gasteiger partial charge is 0.439 e. The lowest BCUT2D eigenvalue weighted by molar-refractivity contribution is 0.323. The molecular formula is C16H12N2O. The lowest BCUT2D eigenvalue weighted by Crippen LogP contribution is -2.23. The average molecular weight is 248 g/mol. The van der Waals surface area contributed by atoms with Crippen molar-refractivity contribution in [2.75, 3.05) is 0 Å². The zero-order chi connectivity index (χ0) is 13.1. The molecule has 92 valence electrons. The number of hydrogen-bond acceptors (Lipinski definition) is 3. The van der Waals surface area contributed by atoms with E-state index in [1.807, 2.05) is 24.3 Å². The first-order valence-corrected chi connectivity index (χ1v) is 6.01. The second kappa shape index (κ2) is 4.92. The molecule has 2 aliphatic heterocycles. The topological polar surface area (TPSA) is 34.0 Å². The summed E-state index contributed by atoms with van der Waals surface area (Å²) in [4.78, 5) is 8.21. The molecule has 0 aromatic heterocycles. The molecule has 0 saturated heterocycles. The molecule has 0 atom stereocenters. The Hall–Kier alpha value is -2.64. The van der Waals surface area contributed by atoms with Crippen molar-refractivity contribution in [1.82, 2.24) is 0 Å². The fourth-order valence-electron chi connectivity index (χ4n) is 1.98. The third-order valence-electron chi connectivity index (χ3n) is 2.89. The lowest BCUT2D eigenvalue weighted by Gasteiger charge is -2.06. The maximum Gasteiger partial charge on any atom is 0.232 e. The number of allylic oxidation sites excluding steroid dienone is 2. The van der Waals surface area contributed by atoms with Gasteiger partial charge >= 0.3 is 0 Å². The molecule has 3 heteroatoms. The third kappa shape index (κ3) is 2.46. The van der Waals surface area contributed by atoms with Gasteiger partial charge in [0.2, 0.25) is 5.88 Å². The van der Waals surface area contributed by atoms with Crippen LogP contribution in [0.1, 0.15) is 6.42 Å². The van der Waals surface area contributed by atoms with Crippen molar-refractivity contribution >= 4 is 24.2 Å². The molecule has 19 heavy (non-hydrogen) atoms. The lowest BCUT2D eigenvalue weighted by atomic mass is 10.1. The third-order valence-corrected chi connectivity index (χ3v) is 2.89. The maximum atomic E-state index is 5.68. The minimum absolute atomic E-state index is 0.503. The highest BCUT2D eigenvalue weighted by molar-refractivity contribution is 5.83. The van der Waals surface area contributed by atoms with E-state index in [4.69, 9.17) is 4.74 Å². The summed E-state index contributed by atoms with van der Waals surface area (Å²) < 4.78 is 5.68. The van der Waals surface area contributed by atoms with Crippen molar-refractivity contribution in [2.45, 2.75) is 6.42 Å². The molecule has 0 radical (unpaired) electrons. The van der Waals surface area contributed by atoms with E-state index in [1.165, 1.54) is 6.20 Å². The van der Waals surface area contributed by atoms with E-state index in [0.717, 1.165) is 16.0 Å². The molecule has 3 nitrogen and oxygen atoms in total. The van der Waals surface area contributed by atoms with Crippen molar-refractivity contribution in [3.8, 4) is 0 Å². The first-order chi connectivity index (χ1) is 9.33. The Balaban J connectivity index is 2.18. The van der Waals surface area contributed by atoms with Gasteiger partial charge in [-0.15, -0.1) is 0 Å². The summed E-state index contributed by atoms with van der Waals surface area (Å²) in [5, 5.41) is 2.23. The fraction of sp³-hybridized carbons (Fsp3) is 0.0625. The van der Waals surface area contributed by atoms with E-state index in [9.17, 15) is 0 Å². The molecule has 0 aliphatic carbocycles. The van der Waals surface area contributed by atoms with Crippen LogP contribution in [0.5, 0.6) is 0 Å². The number of rotatable bonds is 0. The average Bonchev–Trinajstić information content (AvgIpc) is 2.59. The van der Waals surface area contributed by atoms with Gasteiger partial charge in [-0.3, -0.25) is 4.99 Å². The summed E-state index contributed by atoms with van der Waals surface area (Å²) in [6.07, 6.45) is 8.01. The molecule has 2 aliphatic rings. The van der Waals surface area contributed by atoms with Crippen LogP contribution in [0, 0.1) is 0 Å². The Morgan fingerprint density at radius 3 is 2.95 bits per heavy atom. The number of hydrogen-bond donors (Lipinski definition) is 0. The SMILES string of the molecule is C=C1/C=c2/cccc/c2=C/CC2=C(N=C=CN=C2)O1. The molecule has 0 bridgehead atoms. The van der Waals surface area contributed by atoms with Crippen LogP contribution in [0.2, 0.25) is 0 Å². The summed E-state index contributed by atoms with van der Waals surface area (Å²) in [6.45, 7) is 3.91. The molecule has 0 spiro atoms. The van der Waals surface area contributed by atoms with Crippen LogP contribution in [0.4, 0.5) is 0 Å². The van der Waals surface area contributed by atoms with Gasteiger partial charge in [0.15, 0.2) is 0 Å². The molecule has 0 saturated carbocycles. The Kier molecular flexibility index (Phi) is 2.97. The maximum absolute atomic E-state index is 5.68. The number of benzene rings is 1. The predicted molar refractivity (Wildman–Crippen MR) is 77.0 cm³/mol. The van der Waals surface area contributed by atoms with E-state index < -0.39 is 0 Å². The molecule has 1 aromatic carbocycles. The molecule has 0 N–H and O–H groups in total. The summed E-state index contributed by atoms with van der Waals surface area (Å²) >= 11 is 0. The smallest absolute Gasteiger partial charge is 0.232 e. The number of aliphatic imine (C=N–C) groups is 2. The van der Waals surface area contributed by atoms with Gasteiger partial charge in [0.05, 0.1) is 6.20 Å². The van der Waals surface area contributed by atoms with Crippen LogP contribution in [0.25, 0.3) is 12.2 Å². The highest BCUT2D eigenvalue weighted by atomic mass is 16.5. The van der Waals surface area contributed by atoms with Gasteiger partial charge in [0.25, 0.3) is 0 Å². The van der Waals surface area contributed by atoms with Gasteiger partial charge in [0, 0.05) is 17.7 Å². The molecular weight excluding hydrogens is 236 g/mol. The Morgan fingerprint density at radius 2 is 2.05 bits per heavy atom. The van der Waals surface area contributed by atoms with E-state index in [1.54, 1.807) is 6.21 Å². The standard InChI is InChI=1S/C16H12N2O/c1-12-10-14-5-3-2-4-13(14)6-7-15-11-17-8-9-18-16(15)19-12/h2-6,8,10-11H,1,7H2/b13-6-,14-10-. The number of nitrogens with zero attached hydrogens (tertiary/aromatic N) is 2. The number of ether oxygens (including phenoxy) is 1. The highest BCUT2D eigenvalue weighted by Gasteiger charge is 2.08. The van der Waals surface area contributed by atoms with Gasteiger partial charge < -0.3 is 4.74 Å². The van der Waals surface area contributed by atoms with Gasteiger partial charge in [0.1, 0.15) is 5.76 Å². The minimum atomic E-state index is 0.503. The minimum Gasteiger partial charge on any atom is -0.439 e. The second-order valence-electron chi connectivity index (χ2n) is 4.23. The van der Waals surface area contributed by atoms with Crippen molar-refractivity contribution in [2.24, 2.45) is 9.98 Å². The quantitative estimate of drug-likeness (QED) is 0.687. The van der Waals surface area contributed by atoms with Crippen molar-refractivity contribution in [3.63, 3.8) is 0 Å². The van der Waals surface area contributed by atoms with E-state index >= 15 is 0 Å². The molecule has 1 aromatic rings. The van der Waals surface area contributed by atoms with Gasteiger partial charge in [-0.1, -0.05) is 36.9 Å². The summed E-state index contributed by atoms with van der Waals surface area (Å²) in [6, 6.07) is 8.12. The van der Waals surface area contributed by atoms with E-state index in [-0.39, 0.29) is 0 Å². The summed E-state index contributed by atoms with van der Waals surface area (Å²) in [5.41, 5.74) is 0.910.